The highest BCUT2D eigenvalue weighted by atomic mass is 15.2. The van der Waals surface area contributed by atoms with Gasteiger partial charge in [0.2, 0.25) is 0 Å². The molecule has 2 rings (SSSR count). The average Bonchev–Trinajstić information content (AvgIpc) is 2.60. The van der Waals surface area contributed by atoms with Crippen LogP contribution in [0.4, 0.5) is 0 Å². The molecule has 0 bridgehead atoms. The normalized spacial score (nSPS) is 25.7. The highest BCUT2D eigenvalue weighted by Gasteiger charge is 2.39. The summed E-state index contributed by atoms with van der Waals surface area (Å²) in [4.78, 5) is 2.38. The summed E-state index contributed by atoms with van der Waals surface area (Å²) >= 11 is 0. The Bertz CT molecular complexity index is 521. The third kappa shape index (κ3) is 4.45. The van der Waals surface area contributed by atoms with Gasteiger partial charge in [0.25, 0.3) is 0 Å². The predicted octanol–water partition coefficient (Wildman–Crippen LogP) is 5.14. The van der Waals surface area contributed by atoms with Crippen molar-refractivity contribution >= 4 is 0 Å². The van der Waals surface area contributed by atoms with Gasteiger partial charge in [0.15, 0.2) is 0 Å². The van der Waals surface area contributed by atoms with E-state index in [0.29, 0.717) is 5.92 Å². The lowest BCUT2D eigenvalue weighted by molar-refractivity contribution is 0.0923. The maximum absolute atomic E-state index is 9.88. The molecule has 0 amide bonds. The van der Waals surface area contributed by atoms with Crippen molar-refractivity contribution in [2.24, 2.45) is 5.92 Å². The maximum atomic E-state index is 9.88. The SMILES string of the molecule is C=CCN(CC[C@H](C)c1ccccc1)C1(C#N)CCC(C)CC1. The Hall–Kier alpha value is -1.59. The van der Waals surface area contributed by atoms with Crippen LogP contribution >= 0.6 is 0 Å². The summed E-state index contributed by atoms with van der Waals surface area (Å²) in [6, 6.07) is 13.3. The maximum Gasteiger partial charge on any atom is 0.109 e. The molecule has 0 saturated heterocycles. The monoisotopic (exact) mass is 310 g/mol. The van der Waals surface area contributed by atoms with Crippen LogP contribution in [-0.2, 0) is 0 Å². The van der Waals surface area contributed by atoms with Gasteiger partial charge in [0.1, 0.15) is 5.54 Å². The van der Waals surface area contributed by atoms with Crippen molar-refractivity contribution in [3.05, 3.63) is 48.6 Å². The Morgan fingerprint density at radius 3 is 2.57 bits per heavy atom. The summed E-state index contributed by atoms with van der Waals surface area (Å²) in [6.07, 6.45) is 7.35. The lowest BCUT2D eigenvalue weighted by atomic mass is 9.76. The molecule has 2 heteroatoms. The summed E-state index contributed by atoms with van der Waals surface area (Å²) in [5.74, 6) is 1.27. The first-order valence-electron chi connectivity index (χ1n) is 8.93. The fraction of sp³-hybridized carbons (Fsp3) is 0.571. The summed E-state index contributed by atoms with van der Waals surface area (Å²) in [5.41, 5.74) is 1.10. The van der Waals surface area contributed by atoms with E-state index in [1.807, 2.05) is 6.08 Å². The number of nitrogens with zero attached hydrogens (tertiary/aromatic N) is 2. The fourth-order valence-corrected chi connectivity index (χ4v) is 3.67. The third-order valence-corrected chi connectivity index (χ3v) is 5.46. The zero-order valence-electron chi connectivity index (χ0n) is 14.7. The molecule has 0 radical (unpaired) electrons. The van der Waals surface area contributed by atoms with Gasteiger partial charge in [-0.2, -0.15) is 5.26 Å². The van der Waals surface area contributed by atoms with Crippen LogP contribution in [0.3, 0.4) is 0 Å². The topological polar surface area (TPSA) is 27.0 Å². The van der Waals surface area contributed by atoms with E-state index in [0.717, 1.165) is 51.1 Å². The largest absolute Gasteiger partial charge is 0.282 e. The predicted molar refractivity (Wildman–Crippen MR) is 97.2 cm³/mol. The minimum atomic E-state index is -0.281. The van der Waals surface area contributed by atoms with Crippen LogP contribution in [0.1, 0.15) is 57.4 Å². The summed E-state index contributed by atoms with van der Waals surface area (Å²) in [6.45, 7) is 10.3. The van der Waals surface area contributed by atoms with Crippen LogP contribution in [0.2, 0.25) is 0 Å². The van der Waals surface area contributed by atoms with Crippen molar-refractivity contribution in [2.45, 2.75) is 57.4 Å². The number of benzene rings is 1. The van der Waals surface area contributed by atoms with E-state index in [-0.39, 0.29) is 5.54 Å². The number of hydrogen-bond acceptors (Lipinski definition) is 2. The minimum Gasteiger partial charge on any atom is -0.282 e. The Balaban J connectivity index is 2.03. The molecule has 0 N–H and O–H groups in total. The van der Waals surface area contributed by atoms with E-state index >= 15 is 0 Å². The second kappa shape index (κ2) is 8.31. The first kappa shape index (κ1) is 17.8. The lowest BCUT2D eigenvalue weighted by Gasteiger charge is -2.43. The highest BCUT2D eigenvalue weighted by molar-refractivity contribution is 5.19. The molecule has 23 heavy (non-hydrogen) atoms. The Labute approximate surface area is 141 Å². The van der Waals surface area contributed by atoms with Crippen LogP contribution < -0.4 is 0 Å². The van der Waals surface area contributed by atoms with Crippen molar-refractivity contribution < 1.29 is 0 Å². The molecule has 1 atom stereocenters. The Morgan fingerprint density at radius 2 is 2.00 bits per heavy atom. The molecule has 0 aromatic heterocycles. The van der Waals surface area contributed by atoms with Gasteiger partial charge in [0.05, 0.1) is 6.07 Å². The molecule has 1 fully saturated rings. The quantitative estimate of drug-likeness (QED) is 0.652. The molecule has 0 heterocycles. The van der Waals surface area contributed by atoms with Gasteiger partial charge in [-0.1, -0.05) is 50.3 Å². The Morgan fingerprint density at radius 1 is 1.35 bits per heavy atom. The van der Waals surface area contributed by atoms with Crippen LogP contribution in [0.5, 0.6) is 0 Å². The molecular weight excluding hydrogens is 280 g/mol. The molecule has 0 spiro atoms. The van der Waals surface area contributed by atoms with Gasteiger partial charge in [-0.3, -0.25) is 4.90 Å². The van der Waals surface area contributed by atoms with E-state index in [9.17, 15) is 5.26 Å². The van der Waals surface area contributed by atoms with Gasteiger partial charge in [-0.15, -0.1) is 6.58 Å². The van der Waals surface area contributed by atoms with Gasteiger partial charge >= 0.3 is 0 Å². The third-order valence-electron chi connectivity index (χ3n) is 5.46. The molecule has 124 valence electrons. The van der Waals surface area contributed by atoms with Crippen molar-refractivity contribution in [1.82, 2.24) is 4.90 Å². The van der Waals surface area contributed by atoms with Crippen molar-refractivity contribution in [1.29, 1.82) is 5.26 Å². The number of rotatable bonds is 7. The lowest BCUT2D eigenvalue weighted by Crippen LogP contribution is -2.50. The number of nitriles is 1. The Kier molecular flexibility index (Phi) is 6.42. The standard InChI is InChI=1S/C21H30N2/c1-4-15-23(21(17-22)13-10-18(2)11-14-21)16-12-19(3)20-8-6-5-7-9-20/h4-9,18-19H,1,10-16H2,2-3H3/t18?,19-,21?/m0/s1. The van der Waals surface area contributed by atoms with Crippen molar-refractivity contribution in [3.63, 3.8) is 0 Å². The van der Waals surface area contributed by atoms with Gasteiger partial charge in [0, 0.05) is 13.1 Å². The van der Waals surface area contributed by atoms with Gasteiger partial charge < -0.3 is 0 Å². The van der Waals surface area contributed by atoms with E-state index in [1.54, 1.807) is 0 Å². The molecular formula is C21H30N2. The molecule has 1 saturated carbocycles. The summed E-state index contributed by atoms with van der Waals surface area (Å²) in [7, 11) is 0. The van der Waals surface area contributed by atoms with Crippen molar-refractivity contribution in [2.75, 3.05) is 13.1 Å². The molecule has 1 aliphatic carbocycles. The summed E-state index contributed by atoms with van der Waals surface area (Å²) < 4.78 is 0. The smallest absolute Gasteiger partial charge is 0.109 e. The zero-order chi connectivity index (χ0) is 16.7. The summed E-state index contributed by atoms with van der Waals surface area (Å²) in [5, 5.41) is 9.88. The minimum absolute atomic E-state index is 0.281. The molecule has 2 nitrogen and oxygen atoms in total. The second-order valence-electron chi connectivity index (χ2n) is 7.16. The van der Waals surface area contributed by atoms with Crippen LogP contribution in [0.25, 0.3) is 0 Å². The average molecular weight is 310 g/mol. The van der Waals surface area contributed by atoms with E-state index in [2.05, 4.69) is 61.7 Å². The molecule has 0 aliphatic heterocycles. The van der Waals surface area contributed by atoms with Gasteiger partial charge in [-0.05, 0) is 49.5 Å². The fourth-order valence-electron chi connectivity index (χ4n) is 3.67. The number of hydrogen-bond donors (Lipinski definition) is 0. The van der Waals surface area contributed by atoms with E-state index < -0.39 is 0 Å². The molecule has 1 aromatic rings. The van der Waals surface area contributed by atoms with E-state index in [1.165, 1.54) is 5.56 Å². The van der Waals surface area contributed by atoms with Crippen LogP contribution in [0.15, 0.2) is 43.0 Å². The molecule has 1 aromatic carbocycles. The van der Waals surface area contributed by atoms with Crippen LogP contribution in [0, 0.1) is 17.2 Å². The first-order chi connectivity index (χ1) is 11.1. The van der Waals surface area contributed by atoms with Crippen molar-refractivity contribution in [3.8, 4) is 6.07 Å². The second-order valence-corrected chi connectivity index (χ2v) is 7.16. The van der Waals surface area contributed by atoms with Crippen LogP contribution in [-0.4, -0.2) is 23.5 Å². The molecule has 0 unspecified atom stereocenters. The van der Waals surface area contributed by atoms with E-state index in [4.69, 9.17) is 0 Å². The zero-order valence-corrected chi connectivity index (χ0v) is 14.7. The van der Waals surface area contributed by atoms with Gasteiger partial charge in [-0.25, -0.2) is 0 Å². The molecule has 1 aliphatic rings. The first-order valence-corrected chi connectivity index (χ1v) is 8.93. The highest BCUT2D eigenvalue weighted by Crippen LogP contribution is 2.36.